The van der Waals surface area contributed by atoms with Gasteiger partial charge in [-0.15, -0.1) is 0 Å². The van der Waals surface area contributed by atoms with Crippen molar-refractivity contribution in [1.82, 2.24) is 4.90 Å². The summed E-state index contributed by atoms with van der Waals surface area (Å²) in [5, 5.41) is 8.88. The molecule has 1 heterocycles. The second-order valence-electron chi connectivity index (χ2n) is 3.97. The van der Waals surface area contributed by atoms with Crippen molar-refractivity contribution in [3.63, 3.8) is 0 Å². The minimum Gasteiger partial charge on any atom is -0.480 e. The Morgan fingerprint density at radius 2 is 2.43 bits per heavy atom. The maximum Gasteiger partial charge on any atom is 0.320 e. The molecule has 82 valence electrons. The average molecular weight is 201 g/mol. The summed E-state index contributed by atoms with van der Waals surface area (Å²) in [6.45, 7) is 4.23. The van der Waals surface area contributed by atoms with E-state index >= 15 is 0 Å². The monoisotopic (exact) mass is 201 g/mol. The molecule has 0 aromatic rings. The molecule has 1 saturated heterocycles. The highest BCUT2D eigenvalue weighted by atomic mass is 16.5. The summed E-state index contributed by atoms with van der Waals surface area (Å²) in [6.07, 6.45) is 2.22. The third-order valence-electron chi connectivity index (χ3n) is 2.86. The Kier molecular flexibility index (Phi) is 4.35. The minimum absolute atomic E-state index is 0.366. The number of methoxy groups -OCH3 is 1. The molecule has 0 aromatic carbocycles. The summed E-state index contributed by atoms with van der Waals surface area (Å²) in [6, 6.07) is -0.366. The summed E-state index contributed by atoms with van der Waals surface area (Å²) in [4.78, 5) is 12.8. The highest BCUT2D eigenvalue weighted by Crippen LogP contribution is 2.18. The largest absolute Gasteiger partial charge is 0.480 e. The van der Waals surface area contributed by atoms with Crippen LogP contribution in [0.3, 0.4) is 0 Å². The molecular weight excluding hydrogens is 182 g/mol. The zero-order valence-corrected chi connectivity index (χ0v) is 8.90. The predicted molar refractivity (Wildman–Crippen MR) is 53.3 cm³/mol. The topological polar surface area (TPSA) is 49.8 Å². The lowest BCUT2D eigenvalue weighted by Crippen LogP contribution is -2.45. The molecule has 2 atom stereocenters. The van der Waals surface area contributed by atoms with Crippen LogP contribution in [0.25, 0.3) is 0 Å². The zero-order valence-electron chi connectivity index (χ0n) is 8.90. The maximum absolute atomic E-state index is 10.8. The number of likely N-dealkylation sites (tertiary alicyclic amines) is 1. The molecule has 0 radical (unpaired) electrons. The predicted octanol–water partition coefficient (Wildman–Crippen LogP) is 0.818. The Labute approximate surface area is 84.8 Å². The standard InChI is InChI=1S/C10H19NO3/c1-8(10(12)13)11-5-3-4-9(6-11)7-14-2/h8-9H,3-7H2,1-2H3,(H,12,13)/t8-,9-/m0/s1. The van der Waals surface area contributed by atoms with Gasteiger partial charge < -0.3 is 9.84 Å². The van der Waals surface area contributed by atoms with E-state index in [-0.39, 0.29) is 6.04 Å². The smallest absolute Gasteiger partial charge is 0.320 e. The van der Waals surface area contributed by atoms with Gasteiger partial charge in [0.05, 0.1) is 6.61 Å². The van der Waals surface area contributed by atoms with Crippen LogP contribution in [0.2, 0.25) is 0 Å². The first kappa shape index (κ1) is 11.5. The van der Waals surface area contributed by atoms with E-state index in [0.717, 1.165) is 32.5 Å². The maximum atomic E-state index is 10.8. The fraction of sp³-hybridized carbons (Fsp3) is 0.900. The Morgan fingerprint density at radius 3 is 3.00 bits per heavy atom. The van der Waals surface area contributed by atoms with Crippen LogP contribution >= 0.6 is 0 Å². The Hall–Kier alpha value is -0.610. The number of carboxylic acids is 1. The quantitative estimate of drug-likeness (QED) is 0.731. The Bertz CT molecular complexity index is 194. The third kappa shape index (κ3) is 2.96. The first-order chi connectivity index (χ1) is 6.65. The van der Waals surface area contributed by atoms with E-state index in [0.29, 0.717) is 5.92 Å². The molecule has 0 spiro atoms. The molecule has 14 heavy (non-hydrogen) atoms. The van der Waals surface area contributed by atoms with Crippen molar-refractivity contribution in [1.29, 1.82) is 0 Å². The van der Waals surface area contributed by atoms with Gasteiger partial charge in [-0.1, -0.05) is 0 Å². The van der Waals surface area contributed by atoms with Crippen molar-refractivity contribution in [3.05, 3.63) is 0 Å². The van der Waals surface area contributed by atoms with Crippen LogP contribution in [-0.2, 0) is 9.53 Å². The number of carboxylic acid groups (broad SMARTS) is 1. The summed E-state index contributed by atoms with van der Waals surface area (Å²) < 4.78 is 5.10. The van der Waals surface area contributed by atoms with Gasteiger partial charge in [0.2, 0.25) is 0 Å². The molecule has 0 aromatic heterocycles. The molecule has 0 unspecified atom stereocenters. The van der Waals surface area contributed by atoms with E-state index in [1.54, 1.807) is 14.0 Å². The van der Waals surface area contributed by atoms with Gasteiger partial charge in [0.15, 0.2) is 0 Å². The van der Waals surface area contributed by atoms with Gasteiger partial charge in [-0.2, -0.15) is 0 Å². The first-order valence-electron chi connectivity index (χ1n) is 5.11. The summed E-state index contributed by atoms with van der Waals surface area (Å²) >= 11 is 0. The number of ether oxygens (including phenoxy) is 1. The van der Waals surface area contributed by atoms with E-state index in [4.69, 9.17) is 9.84 Å². The van der Waals surface area contributed by atoms with Gasteiger partial charge in [0.25, 0.3) is 0 Å². The van der Waals surface area contributed by atoms with Crippen LogP contribution in [0.5, 0.6) is 0 Å². The number of rotatable bonds is 4. The van der Waals surface area contributed by atoms with Crippen LogP contribution in [-0.4, -0.2) is 48.8 Å². The van der Waals surface area contributed by atoms with Crippen LogP contribution < -0.4 is 0 Å². The molecular formula is C10H19NO3. The van der Waals surface area contributed by atoms with Crippen molar-refractivity contribution < 1.29 is 14.6 Å². The highest BCUT2D eigenvalue weighted by molar-refractivity contribution is 5.72. The van der Waals surface area contributed by atoms with Gasteiger partial charge in [-0.3, -0.25) is 9.69 Å². The van der Waals surface area contributed by atoms with Crippen LogP contribution in [0.4, 0.5) is 0 Å². The molecule has 0 aliphatic carbocycles. The molecule has 1 N–H and O–H groups in total. The third-order valence-corrected chi connectivity index (χ3v) is 2.86. The van der Waals surface area contributed by atoms with Crippen LogP contribution in [0, 0.1) is 5.92 Å². The number of aliphatic carboxylic acids is 1. The van der Waals surface area contributed by atoms with Crippen molar-refractivity contribution in [2.45, 2.75) is 25.8 Å². The second-order valence-corrected chi connectivity index (χ2v) is 3.97. The molecule has 0 bridgehead atoms. The first-order valence-corrected chi connectivity index (χ1v) is 5.11. The normalized spacial score (nSPS) is 26.0. The number of hydrogen-bond acceptors (Lipinski definition) is 3. The minimum atomic E-state index is -0.733. The van der Waals surface area contributed by atoms with Crippen LogP contribution in [0.15, 0.2) is 0 Å². The number of hydrogen-bond donors (Lipinski definition) is 1. The van der Waals surface area contributed by atoms with E-state index < -0.39 is 5.97 Å². The molecule has 0 amide bonds. The van der Waals surface area contributed by atoms with E-state index in [2.05, 4.69) is 0 Å². The lowest BCUT2D eigenvalue weighted by molar-refractivity contribution is -0.143. The Morgan fingerprint density at radius 1 is 1.71 bits per heavy atom. The summed E-state index contributed by atoms with van der Waals surface area (Å²) in [7, 11) is 1.69. The van der Waals surface area contributed by atoms with Gasteiger partial charge in [-0.25, -0.2) is 0 Å². The lowest BCUT2D eigenvalue weighted by atomic mass is 9.98. The van der Waals surface area contributed by atoms with Gasteiger partial charge in [0.1, 0.15) is 6.04 Å². The average Bonchev–Trinajstić information content (AvgIpc) is 2.17. The van der Waals surface area contributed by atoms with Gasteiger partial charge >= 0.3 is 5.97 Å². The SMILES string of the molecule is COC[C@H]1CCCN([C@@H](C)C(=O)O)C1. The lowest BCUT2D eigenvalue weighted by Gasteiger charge is -2.34. The highest BCUT2D eigenvalue weighted by Gasteiger charge is 2.26. The summed E-state index contributed by atoms with van der Waals surface area (Å²) in [5.74, 6) is -0.237. The van der Waals surface area contributed by atoms with Crippen molar-refractivity contribution in [2.24, 2.45) is 5.92 Å². The number of piperidine rings is 1. The second kappa shape index (κ2) is 5.32. The van der Waals surface area contributed by atoms with Crippen molar-refractivity contribution in [2.75, 3.05) is 26.8 Å². The van der Waals surface area contributed by atoms with E-state index in [1.807, 2.05) is 4.90 Å². The fourth-order valence-electron chi connectivity index (χ4n) is 1.98. The number of carbonyl (C=O) groups is 1. The Balaban J connectivity index is 2.43. The molecule has 1 aliphatic rings. The fourth-order valence-corrected chi connectivity index (χ4v) is 1.98. The molecule has 4 heteroatoms. The van der Waals surface area contributed by atoms with Gasteiger partial charge in [0, 0.05) is 13.7 Å². The summed E-state index contributed by atoms with van der Waals surface area (Å²) in [5.41, 5.74) is 0. The molecule has 1 fully saturated rings. The van der Waals surface area contributed by atoms with E-state index in [9.17, 15) is 4.79 Å². The molecule has 0 saturated carbocycles. The van der Waals surface area contributed by atoms with E-state index in [1.165, 1.54) is 0 Å². The molecule has 4 nitrogen and oxygen atoms in total. The van der Waals surface area contributed by atoms with Crippen molar-refractivity contribution >= 4 is 5.97 Å². The van der Waals surface area contributed by atoms with Crippen LogP contribution in [0.1, 0.15) is 19.8 Å². The van der Waals surface area contributed by atoms with Crippen molar-refractivity contribution in [3.8, 4) is 0 Å². The zero-order chi connectivity index (χ0) is 10.6. The molecule has 1 rings (SSSR count). The number of nitrogens with zero attached hydrogens (tertiary/aromatic N) is 1. The van der Waals surface area contributed by atoms with Gasteiger partial charge in [-0.05, 0) is 32.2 Å². The molecule has 1 aliphatic heterocycles.